The number of hydrogen-bond acceptors (Lipinski definition) is 4. The van der Waals surface area contributed by atoms with E-state index in [0.717, 1.165) is 18.9 Å². The Morgan fingerprint density at radius 1 is 1.56 bits per heavy atom. The van der Waals surface area contributed by atoms with Crippen LogP contribution >= 0.6 is 26.6 Å². The second-order valence-electron chi connectivity index (χ2n) is 3.43. The van der Waals surface area contributed by atoms with Gasteiger partial charge in [-0.25, -0.2) is 8.42 Å². The summed E-state index contributed by atoms with van der Waals surface area (Å²) in [6, 6.07) is 1.27. The minimum absolute atomic E-state index is 0.0663. The Kier molecular flexibility index (Phi) is 3.02. The van der Waals surface area contributed by atoms with E-state index >= 15 is 0 Å². The summed E-state index contributed by atoms with van der Waals surface area (Å²) in [6.07, 6.45) is 1.88. The fourth-order valence-corrected chi connectivity index (χ4v) is 3.15. The van der Waals surface area contributed by atoms with Gasteiger partial charge in [-0.2, -0.15) is 0 Å². The zero-order valence-electron chi connectivity index (χ0n) is 7.87. The van der Waals surface area contributed by atoms with E-state index in [2.05, 4.69) is 21.2 Å². The van der Waals surface area contributed by atoms with Gasteiger partial charge < -0.3 is 9.73 Å². The molecule has 0 atom stereocenters. The van der Waals surface area contributed by atoms with Gasteiger partial charge in [0.25, 0.3) is 15.0 Å². The lowest BCUT2D eigenvalue weighted by Crippen LogP contribution is -2.24. The quantitative estimate of drug-likeness (QED) is 0.859. The van der Waals surface area contributed by atoms with Gasteiger partial charge in [-0.3, -0.25) is 4.79 Å². The largest absolute Gasteiger partial charge is 0.443 e. The molecule has 0 saturated heterocycles. The van der Waals surface area contributed by atoms with Gasteiger partial charge in [0.05, 0.1) is 0 Å². The SMILES string of the molecule is O=C(NC1CC1)c1cc(S(=O)(=O)Cl)c(Br)o1. The fraction of sp³-hybridized carbons (Fsp3) is 0.375. The van der Waals surface area contributed by atoms with E-state index in [1.807, 2.05) is 0 Å². The average Bonchev–Trinajstić information content (AvgIpc) is 2.84. The van der Waals surface area contributed by atoms with Crippen molar-refractivity contribution in [3.05, 3.63) is 16.5 Å². The number of rotatable bonds is 3. The Morgan fingerprint density at radius 2 is 2.19 bits per heavy atom. The molecule has 5 nitrogen and oxygen atoms in total. The second kappa shape index (κ2) is 4.05. The normalized spacial score (nSPS) is 16.1. The molecule has 2 rings (SSSR count). The highest BCUT2D eigenvalue weighted by Crippen LogP contribution is 2.29. The molecular weight excluding hydrogens is 322 g/mol. The molecule has 88 valence electrons. The number of hydrogen-bond donors (Lipinski definition) is 1. The monoisotopic (exact) mass is 327 g/mol. The molecule has 1 aromatic rings. The van der Waals surface area contributed by atoms with Gasteiger partial charge in [-0.1, -0.05) is 0 Å². The third kappa shape index (κ3) is 2.58. The van der Waals surface area contributed by atoms with Gasteiger partial charge >= 0.3 is 0 Å². The molecule has 1 aliphatic carbocycles. The number of halogens is 2. The summed E-state index contributed by atoms with van der Waals surface area (Å²) in [5, 5.41) is 2.67. The molecule has 1 saturated carbocycles. The molecule has 0 aliphatic heterocycles. The molecule has 0 radical (unpaired) electrons. The van der Waals surface area contributed by atoms with Crippen molar-refractivity contribution in [3.8, 4) is 0 Å². The minimum Gasteiger partial charge on any atom is -0.443 e. The summed E-state index contributed by atoms with van der Waals surface area (Å²) < 4.78 is 27.0. The molecule has 1 N–H and O–H groups in total. The first kappa shape index (κ1) is 11.9. The van der Waals surface area contributed by atoms with E-state index in [9.17, 15) is 13.2 Å². The summed E-state index contributed by atoms with van der Waals surface area (Å²) in [4.78, 5) is 11.3. The van der Waals surface area contributed by atoms with E-state index in [-0.39, 0.29) is 21.4 Å². The highest BCUT2D eigenvalue weighted by atomic mass is 79.9. The van der Waals surface area contributed by atoms with Crippen molar-refractivity contribution in [3.63, 3.8) is 0 Å². The maximum absolute atomic E-state index is 11.5. The third-order valence-electron chi connectivity index (χ3n) is 2.05. The molecule has 1 fully saturated rings. The van der Waals surface area contributed by atoms with E-state index in [0.29, 0.717) is 0 Å². The molecule has 1 aliphatic rings. The number of carbonyl (C=O) groups excluding carboxylic acids is 1. The average molecular weight is 329 g/mol. The zero-order valence-corrected chi connectivity index (χ0v) is 11.0. The zero-order chi connectivity index (χ0) is 11.9. The molecule has 0 bridgehead atoms. The maximum atomic E-state index is 11.5. The molecule has 16 heavy (non-hydrogen) atoms. The highest BCUT2D eigenvalue weighted by molar-refractivity contribution is 9.10. The van der Waals surface area contributed by atoms with E-state index in [4.69, 9.17) is 15.1 Å². The predicted octanol–water partition coefficient (Wildman–Crippen LogP) is 1.86. The number of nitrogens with one attached hydrogen (secondary N) is 1. The smallest absolute Gasteiger partial charge is 0.287 e. The minimum atomic E-state index is -3.91. The van der Waals surface area contributed by atoms with Crippen LogP contribution < -0.4 is 5.32 Å². The van der Waals surface area contributed by atoms with E-state index in [1.165, 1.54) is 0 Å². The molecule has 1 amide bonds. The second-order valence-corrected chi connectivity index (χ2v) is 6.69. The maximum Gasteiger partial charge on any atom is 0.287 e. The Labute approximate surface area is 105 Å². The van der Waals surface area contributed by atoms with Crippen molar-refractivity contribution in [2.24, 2.45) is 0 Å². The Morgan fingerprint density at radius 3 is 2.62 bits per heavy atom. The van der Waals surface area contributed by atoms with E-state index < -0.39 is 15.0 Å². The van der Waals surface area contributed by atoms with Crippen LogP contribution in [0.5, 0.6) is 0 Å². The fourth-order valence-electron chi connectivity index (χ4n) is 1.11. The Balaban J connectivity index is 2.26. The summed E-state index contributed by atoms with van der Waals surface area (Å²) in [6.45, 7) is 0. The first-order valence-corrected chi connectivity index (χ1v) is 7.53. The Bertz CT molecular complexity index is 534. The van der Waals surface area contributed by atoms with Gasteiger partial charge in [0.1, 0.15) is 4.90 Å². The molecule has 0 unspecified atom stereocenters. The predicted molar refractivity (Wildman–Crippen MR) is 59.9 cm³/mol. The topological polar surface area (TPSA) is 76.4 Å². The lowest BCUT2D eigenvalue weighted by molar-refractivity contribution is 0.0922. The van der Waals surface area contributed by atoms with Gasteiger partial charge in [-0.15, -0.1) is 0 Å². The van der Waals surface area contributed by atoms with Crippen molar-refractivity contribution in [1.82, 2.24) is 5.32 Å². The summed E-state index contributed by atoms with van der Waals surface area (Å²) >= 11 is 2.89. The molecule has 1 aromatic heterocycles. The third-order valence-corrected chi connectivity index (χ3v) is 4.23. The van der Waals surface area contributed by atoms with Crippen LogP contribution in [0.3, 0.4) is 0 Å². The van der Waals surface area contributed by atoms with Gasteiger partial charge in [0.15, 0.2) is 10.4 Å². The van der Waals surface area contributed by atoms with Crippen molar-refractivity contribution in [2.45, 2.75) is 23.8 Å². The van der Waals surface area contributed by atoms with Crippen molar-refractivity contribution < 1.29 is 17.6 Å². The van der Waals surface area contributed by atoms with Gasteiger partial charge in [0, 0.05) is 22.8 Å². The van der Waals surface area contributed by atoms with Crippen molar-refractivity contribution in [1.29, 1.82) is 0 Å². The first-order valence-electron chi connectivity index (χ1n) is 4.43. The van der Waals surface area contributed by atoms with Crippen molar-refractivity contribution >= 4 is 41.6 Å². The van der Waals surface area contributed by atoms with Gasteiger partial charge in [0.2, 0.25) is 0 Å². The van der Waals surface area contributed by atoms with Crippen LogP contribution in [-0.2, 0) is 9.05 Å². The first-order chi connectivity index (χ1) is 7.38. The molecule has 8 heteroatoms. The number of furan rings is 1. The lowest BCUT2D eigenvalue weighted by Gasteiger charge is -1.97. The van der Waals surface area contributed by atoms with Crippen LogP contribution in [0.4, 0.5) is 0 Å². The highest BCUT2D eigenvalue weighted by Gasteiger charge is 2.27. The van der Waals surface area contributed by atoms with Crippen LogP contribution in [0.1, 0.15) is 23.4 Å². The van der Waals surface area contributed by atoms with Crippen LogP contribution in [0, 0.1) is 0 Å². The molecule has 0 aromatic carbocycles. The standard InChI is InChI=1S/C8H7BrClNO4S/c9-7-6(16(10,13)14)3-5(15-7)8(12)11-4-1-2-4/h3-4H,1-2H2,(H,11,12). The van der Waals surface area contributed by atoms with Crippen molar-refractivity contribution in [2.75, 3.05) is 0 Å². The number of amides is 1. The van der Waals surface area contributed by atoms with Gasteiger partial charge in [-0.05, 0) is 28.8 Å². The van der Waals surface area contributed by atoms with Crippen LogP contribution in [0.2, 0.25) is 0 Å². The molecule has 0 spiro atoms. The van der Waals surface area contributed by atoms with Crippen LogP contribution in [-0.4, -0.2) is 20.4 Å². The van der Waals surface area contributed by atoms with Crippen LogP contribution in [0.25, 0.3) is 0 Å². The van der Waals surface area contributed by atoms with Crippen LogP contribution in [0.15, 0.2) is 20.0 Å². The summed E-state index contributed by atoms with van der Waals surface area (Å²) in [5.41, 5.74) is 0. The molecule has 1 heterocycles. The summed E-state index contributed by atoms with van der Waals surface area (Å²) in [7, 11) is 1.24. The lowest BCUT2D eigenvalue weighted by atomic mass is 10.4. The molecular formula is C8H7BrClNO4S. The van der Waals surface area contributed by atoms with E-state index in [1.54, 1.807) is 0 Å². The Hall–Kier alpha value is -0.530. The number of carbonyl (C=O) groups is 1. The summed E-state index contributed by atoms with van der Waals surface area (Å²) in [5.74, 6) is -0.507.